The first kappa shape index (κ1) is 63.1. The summed E-state index contributed by atoms with van der Waals surface area (Å²) in [5, 5.41) is 8.45. The molecule has 3 heterocycles. The van der Waals surface area contributed by atoms with Crippen molar-refractivity contribution in [3.8, 4) is 11.1 Å². The molecule has 7 rings (SSSR count). The molecule has 3 atom stereocenters. The third-order valence-corrected chi connectivity index (χ3v) is 17.6. The van der Waals surface area contributed by atoms with Crippen LogP contribution >= 0.6 is 19.4 Å². The highest BCUT2D eigenvalue weighted by Crippen LogP contribution is 2.55. The highest BCUT2D eigenvalue weighted by molar-refractivity contribution is 7.93. The molecule has 6 aromatic rings. The standard InChI is InChI=1S/C49H47ClF10N7O12PS2/c1-24-25(2)48(56,57)42-37(24)41(49(58,59)60)63-65(42)21-36(68)62-35(19-26-17-27(51)20-28(52)18-26)39-30(12-11-29(61-39)15-16-46(3,4)81(5,74)75)31-13-14-34(50)38-40(31)66(22-47(53,54)55)64-43(38)67(82(6,76)77)44(69)32-9-7-8-10-33(32)45(70)78-23-79-80(71,72)73/h7-14,17-18,20,24-25,35H,15-16,19,21-23H2,1-6H3,(H,62,68)(H2,71,72,73)/t24-,25+,35-/m0/s1. The largest absolute Gasteiger partial charge is 0.472 e. The number of alkyl halides is 8. The molecule has 0 saturated heterocycles. The Labute approximate surface area is 464 Å². The molecule has 0 bridgehead atoms. The number of phosphoric acid groups is 1. The molecule has 3 aromatic heterocycles. The van der Waals surface area contributed by atoms with E-state index in [4.69, 9.17) is 26.1 Å². The summed E-state index contributed by atoms with van der Waals surface area (Å²) in [6, 6.07) is 8.75. The number of fused-ring (bicyclic) bond motifs is 2. The van der Waals surface area contributed by atoms with Gasteiger partial charge >= 0.3 is 26.1 Å². The number of sulfonamides is 1. The predicted octanol–water partition coefficient (Wildman–Crippen LogP) is 9.34. The van der Waals surface area contributed by atoms with Crippen molar-refractivity contribution < 1.29 is 98.7 Å². The molecule has 0 unspecified atom stereocenters. The van der Waals surface area contributed by atoms with Gasteiger partial charge in [-0.15, -0.1) is 0 Å². The number of aryl methyl sites for hydroxylation is 1. The summed E-state index contributed by atoms with van der Waals surface area (Å²) < 4.78 is 221. The number of rotatable bonds is 19. The van der Waals surface area contributed by atoms with E-state index in [0.717, 1.165) is 68.6 Å². The van der Waals surface area contributed by atoms with Crippen LogP contribution in [0.3, 0.4) is 0 Å². The molecular formula is C49H47ClF10N7O12PS2. The maximum atomic E-state index is 15.9. The lowest BCUT2D eigenvalue weighted by Gasteiger charge is -2.25. The summed E-state index contributed by atoms with van der Waals surface area (Å²) in [5.41, 5.74) is -7.70. The normalized spacial score (nSPS) is 16.3. The lowest BCUT2D eigenvalue weighted by atomic mass is 9.93. The van der Waals surface area contributed by atoms with E-state index in [-0.39, 0.29) is 43.3 Å². The van der Waals surface area contributed by atoms with Gasteiger partial charge in [-0.2, -0.15) is 49.6 Å². The zero-order valence-corrected chi connectivity index (χ0v) is 46.7. The van der Waals surface area contributed by atoms with Gasteiger partial charge in [-0.3, -0.25) is 23.9 Å². The Hall–Kier alpha value is -6.50. The number of anilines is 1. The first-order valence-electron chi connectivity index (χ1n) is 23.9. The van der Waals surface area contributed by atoms with E-state index in [9.17, 15) is 70.9 Å². The Kier molecular flexibility index (Phi) is 17.4. The first-order valence-corrected chi connectivity index (χ1v) is 29.5. The van der Waals surface area contributed by atoms with E-state index in [0.29, 0.717) is 12.3 Å². The number of esters is 1. The summed E-state index contributed by atoms with van der Waals surface area (Å²) in [5.74, 6) is -15.2. The molecule has 3 N–H and O–H groups in total. The smallest absolute Gasteiger partial charge is 0.434 e. The predicted molar refractivity (Wildman–Crippen MR) is 272 cm³/mol. The van der Waals surface area contributed by atoms with Crippen molar-refractivity contribution in [1.82, 2.24) is 29.9 Å². The quantitative estimate of drug-likeness (QED) is 0.0295. The van der Waals surface area contributed by atoms with Crippen LogP contribution in [0, 0.1) is 17.6 Å². The molecule has 33 heteroatoms. The monoisotopic (exact) mass is 1250 g/mol. The molecule has 19 nitrogen and oxygen atoms in total. The minimum absolute atomic E-state index is 0.0171. The van der Waals surface area contributed by atoms with Gasteiger partial charge in [0, 0.05) is 40.6 Å². The van der Waals surface area contributed by atoms with Gasteiger partial charge in [0.25, 0.3) is 11.8 Å². The highest BCUT2D eigenvalue weighted by Gasteiger charge is 2.57. The summed E-state index contributed by atoms with van der Waals surface area (Å²) in [7, 11) is -14.1. The van der Waals surface area contributed by atoms with Crippen molar-refractivity contribution in [1.29, 1.82) is 0 Å². The van der Waals surface area contributed by atoms with Gasteiger partial charge in [-0.1, -0.05) is 49.7 Å². The maximum absolute atomic E-state index is 15.9. The maximum Gasteiger partial charge on any atom is 0.472 e. The second-order valence-corrected chi connectivity index (χ2v) is 25.9. The molecule has 82 heavy (non-hydrogen) atoms. The molecule has 0 spiro atoms. The number of nitrogens with zero attached hydrogens (tertiary/aromatic N) is 6. The SMILES string of the molecule is C[C@@H]1c2c(C(F)(F)F)nn(CC(=O)N[C@@H](Cc3cc(F)cc(F)c3)c3nc(CCC(C)(C)S(C)(=O)=O)ccc3-c3ccc(Cl)c4c(N(C(=O)c5ccccc5C(=O)OCOP(=O)(O)O)S(C)(=O)=O)nn(CC(F)(F)F)c34)c2C(F)(F)[C@@H]1C. The molecule has 1 aliphatic carbocycles. The van der Waals surface area contributed by atoms with E-state index >= 15 is 8.78 Å². The second kappa shape index (κ2) is 22.6. The molecule has 0 fully saturated rings. The zero-order chi connectivity index (χ0) is 61.2. The van der Waals surface area contributed by atoms with Gasteiger partial charge in [0.1, 0.15) is 30.4 Å². The Morgan fingerprint density at radius 1 is 0.890 bits per heavy atom. The lowest BCUT2D eigenvalue weighted by Crippen LogP contribution is -2.37. The van der Waals surface area contributed by atoms with Crippen molar-refractivity contribution >= 4 is 73.8 Å². The number of hydrogen-bond donors (Lipinski definition) is 3. The molecule has 0 saturated carbocycles. The van der Waals surface area contributed by atoms with Gasteiger partial charge in [-0.05, 0) is 81.0 Å². The highest BCUT2D eigenvalue weighted by atomic mass is 35.5. The molecule has 0 aliphatic heterocycles. The number of benzene rings is 3. The third kappa shape index (κ3) is 13.4. The average molecular weight is 1250 g/mol. The van der Waals surface area contributed by atoms with Gasteiger partial charge in [0.2, 0.25) is 22.7 Å². The fourth-order valence-electron chi connectivity index (χ4n) is 9.18. The Morgan fingerprint density at radius 2 is 1.50 bits per heavy atom. The minimum atomic E-state index is -5.30. The topological polar surface area (TPSA) is 259 Å². The Morgan fingerprint density at radius 3 is 2.07 bits per heavy atom. The number of aromatic nitrogens is 5. The summed E-state index contributed by atoms with van der Waals surface area (Å²) in [6.45, 7) is 0.0102. The van der Waals surface area contributed by atoms with Gasteiger partial charge in [0.15, 0.2) is 21.3 Å². The fourth-order valence-corrected chi connectivity index (χ4v) is 10.9. The van der Waals surface area contributed by atoms with Crippen LogP contribution < -0.4 is 9.62 Å². The molecule has 3 aromatic carbocycles. The van der Waals surface area contributed by atoms with E-state index in [1.807, 2.05) is 0 Å². The van der Waals surface area contributed by atoms with Crippen molar-refractivity contribution in [3.63, 3.8) is 0 Å². The second-order valence-electron chi connectivity index (χ2n) is 19.8. The Bertz CT molecular complexity index is 3800. The fraction of sp³-hybridized carbons (Fsp3) is 0.388. The van der Waals surface area contributed by atoms with E-state index in [1.165, 1.54) is 26.0 Å². The number of carbonyl (C=O) groups excluding carboxylic acids is 3. The number of hydrogen-bond acceptors (Lipinski definition) is 13. The third-order valence-electron chi connectivity index (χ3n) is 13.6. The van der Waals surface area contributed by atoms with Gasteiger partial charge < -0.3 is 19.8 Å². The number of nitrogens with one attached hydrogen (secondary N) is 1. The number of carbonyl (C=O) groups is 3. The number of amides is 2. The number of sulfone groups is 1. The van der Waals surface area contributed by atoms with Crippen LogP contribution in [0.1, 0.15) is 101 Å². The average Bonchev–Trinajstić information content (AvgIpc) is 2.85. The van der Waals surface area contributed by atoms with Crippen molar-refractivity contribution in [2.24, 2.45) is 5.92 Å². The van der Waals surface area contributed by atoms with E-state index in [2.05, 4.69) is 25.0 Å². The van der Waals surface area contributed by atoms with Crippen molar-refractivity contribution in [2.75, 3.05) is 23.6 Å². The first-order chi connectivity index (χ1) is 37.6. The van der Waals surface area contributed by atoms with Crippen LogP contribution in [0.4, 0.5) is 49.7 Å². The van der Waals surface area contributed by atoms with Crippen LogP contribution in [-0.4, -0.2) is 99.2 Å². The summed E-state index contributed by atoms with van der Waals surface area (Å²) in [4.78, 5) is 64.9. The number of pyridine rings is 1. The van der Waals surface area contributed by atoms with Crippen LogP contribution in [0.2, 0.25) is 5.02 Å². The van der Waals surface area contributed by atoms with Crippen LogP contribution in [0.15, 0.2) is 66.7 Å². The Balaban J connectivity index is 1.48. The lowest BCUT2D eigenvalue weighted by molar-refractivity contribution is -0.143. The van der Waals surface area contributed by atoms with Crippen LogP contribution in [0.25, 0.3) is 22.0 Å². The van der Waals surface area contributed by atoms with Gasteiger partial charge in [-0.25, -0.2) is 39.5 Å². The number of ether oxygens (including phenoxy) is 1. The number of halogens is 11. The zero-order valence-electron chi connectivity index (χ0n) is 43.4. The molecular weight excluding hydrogens is 1200 g/mol. The van der Waals surface area contributed by atoms with E-state index < -0.39 is 185 Å². The summed E-state index contributed by atoms with van der Waals surface area (Å²) >= 11 is 6.72. The summed E-state index contributed by atoms with van der Waals surface area (Å²) in [6.07, 6.45) is -10.3. The molecule has 444 valence electrons. The van der Waals surface area contributed by atoms with E-state index in [1.54, 1.807) is 0 Å². The number of phosphoric ester groups is 1. The van der Waals surface area contributed by atoms with Crippen LogP contribution in [-0.2, 0) is 76.5 Å². The minimum Gasteiger partial charge on any atom is -0.434 e. The van der Waals surface area contributed by atoms with Crippen LogP contribution in [0.5, 0.6) is 0 Å². The van der Waals surface area contributed by atoms with Crippen molar-refractivity contribution in [3.05, 3.63) is 128 Å². The van der Waals surface area contributed by atoms with Gasteiger partial charge in [0.05, 0.1) is 49.8 Å². The molecule has 1 aliphatic rings. The van der Waals surface area contributed by atoms with Crippen molar-refractivity contribution in [2.45, 2.75) is 95.0 Å². The molecule has 0 radical (unpaired) electrons. The molecule has 2 amide bonds.